The molecule has 0 amide bonds. The van der Waals surface area contributed by atoms with Gasteiger partial charge in [-0.15, -0.1) is 0 Å². The minimum absolute atomic E-state index is 0.270. The van der Waals surface area contributed by atoms with Crippen molar-refractivity contribution in [2.45, 2.75) is 0 Å². The van der Waals surface area contributed by atoms with Crippen LogP contribution in [0, 0.1) is 7.14 Å². The summed E-state index contributed by atoms with van der Waals surface area (Å²) in [5.41, 5.74) is 2.53. The first kappa shape index (κ1) is 14.6. The molecule has 0 aliphatic rings. The summed E-state index contributed by atoms with van der Waals surface area (Å²) in [6, 6.07) is 11.6. The van der Waals surface area contributed by atoms with Crippen molar-refractivity contribution in [2.24, 2.45) is 4.99 Å². The van der Waals surface area contributed by atoms with Crippen molar-refractivity contribution < 1.29 is 5.11 Å². The van der Waals surface area contributed by atoms with Crippen LogP contribution in [-0.2, 0) is 0 Å². The van der Waals surface area contributed by atoms with Gasteiger partial charge in [-0.05, 0) is 69.4 Å². The Bertz CT molecular complexity index is 627. The van der Waals surface area contributed by atoms with E-state index >= 15 is 0 Å². The topological polar surface area (TPSA) is 44.6 Å². The smallest absolute Gasteiger partial charge is 0.137 e. The molecule has 2 rings (SSSR count). The van der Waals surface area contributed by atoms with Gasteiger partial charge in [0.05, 0.1) is 14.9 Å². The fourth-order valence-electron chi connectivity index (χ4n) is 1.62. The van der Waals surface area contributed by atoms with Crippen LogP contribution >= 0.6 is 45.2 Å². The molecular weight excluding hydrogens is 466 g/mol. The SMILES string of the molecule is CNc1ccccc1N=Cc1cc(I)cc(I)c1O. The molecule has 2 aromatic carbocycles. The van der Waals surface area contributed by atoms with Crippen molar-refractivity contribution in [1.82, 2.24) is 0 Å². The van der Waals surface area contributed by atoms with E-state index in [-0.39, 0.29) is 5.75 Å². The van der Waals surface area contributed by atoms with Crippen molar-refractivity contribution in [2.75, 3.05) is 12.4 Å². The van der Waals surface area contributed by atoms with Gasteiger partial charge in [-0.2, -0.15) is 0 Å². The number of phenols is 1. The van der Waals surface area contributed by atoms with Gasteiger partial charge in [0, 0.05) is 22.4 Å². The number of halogens is 2. The van der Waals surface area contributed by atoms with Crippen molar-refractivity contribution in [3.05, 3.63) is 49.1 Å². The van der Waals surface area contributed by atoms with Gasteiger partial charge in [0.1, 0.15) is 5.75 Å². The lowest BCUT2D eigenvalue weighted by Crippen LogP contribution is -1.90. The van der Waals surface area contributed by atoms with Crippen LogP contribution in [0.3, 0.4) is 0 Å². The minimum atomic E-state index is 0.270. The van der Waals surface area contributed by atoms with E-state index in [1.807, 2.05) is 43.4 Å². The second-order valence-electron chi connectivity index (χ2n) is 3.85. The molecule has 0 saturated heterocycles. The van der Waals surface area contributed by atoms with Crippen LogP contribution in [0.1, 0.15) is 5.56 Å². The van der Waals surface area contributed by atoms with E-state index < -0.39 is 0 Å². The summed E-state index contributed by atoms with van der Waals surface area (Å²) in [7, 11) is 1.86. The summed E-state index contributed by atoms with van der Waals surface area (Å²) in [4.78, 5) is 4.44. The molecule has 0 unspecified atom stereocenters. The summed E-state index contributed by atoms with van der Waals surface area (Å²) in [6.07, 6.45) is 1.69. The Labute approximate surface area is 139 Å². The Morgan fingerprint density at radius 3 is 2.68 bits per heavy atom. The molecule has 5 heteroatoms. The zero-order valence-electron chi connectivity index (χ0n) is 10.2. The number of hydrogen-bond donors (Lipinski definition) is 2. The molecule has 0 saturated carbocycles. The van der Waals surface area contributed by atoms with Gasteiger partial charge in [-0.3, -0.25) is 4.99 Å². The lowest BCUT2D eigenvalue weighted by molar-refractivity contribution is 0.470. The second kappa shape index (κ2) is 6.56. The van der Waals surface area contributed by atoms with Crippen LogP contribution in [0.5, 0.6) is 5.75 Å². The molecule has 2 aromatic rings. The summed E-state index contributed by atoms with van der Waals surface area (Å²) in [5, 5.41) is 13.1. The van der Waals surface area contributed by atoms with E-state index in [0.717, 1.165) is 24.1 Å². The third-order valence-electron chi connectivity index (χ3n) is 2.57. The van der Waals surface area contributed by atoms with E-state index in [2.05, 4.69) is 55.5 Å². The standard InChI is InChI=1S/C14H12I2N2O/c1-17-12-4-2-3-5-13(12)18-8-9-6-10(15)7-11(16)14(9)19/h2-8,17,19H,1H3. The largest absolute Gasteiger partial charge is 0.506 e. The lowest BCUT2D eigenvalue weighted by atomic mass is 10.2. The van der Waals surface area contributed by atoms with Crippen LogP contribution < -0.4 is 5.32 Å². The predicted molar refractivity (Wildman–Crippen MR) is 96.8 cm³/mol. The number of phenolic OH excluding ortho intramolecular Hbond substituents is 1. The van der Waals surface area contributed by atoms with E-state index in [4.69, 9.17) is 0 Å². The van der Waals surface area contributed by atoms with E-state index in [1.165, 1.54) is 0 Å². The molecule has 0 aromatic heterocycles. The Morgan fingerprint density at radius 2 is 1.95 bits per heavy atom. The fourth-order valence-corrected chi connectivity index (χ4v) is 3.51. The maximum absolute atomic E-state index is 10.0. The van der Waals surface area contributed by atoms with Crippen LogP contribution in [0.25, 0.3) is 0 Å². The molecule has 0 aliphatic carbocycles. The number of hydrogen-bond acceptors (Lipinski definition) is 3. The average Bonchev–Trinajstić information content (AvgIpc) is 2.41. The van der Waals surface area contributed by atoms with Crippen LogP contribution in [0.15, 0.2) is 41.4 Å². The Morgan fingerprint density at radius 1 is 1.21 bits per heavy atom. The van der Waals surface area contributed by atoms with Gasteiger partial charge < -0.3 is 10.4 Å². The number of aliphatic imine (C=N–C) groups is 1. The lowest BCUT2D eigenvalue weighted by Gasteiger charge is -2.05. The van der Waals surface area contributed by atoms with Gasteiger partial charge in [0.25, 0.3) is 0 Å². The molecule has 0 bridgehead atoms. The molecule has 0 aliphatic heterocycles. The Hall–Kier alpha value is -0.830. The molecule has 0 radical (unpaired) electrons. The Balaban J connectivity index is 2.38. The number of nitrogens with one attached hydrogen (secondary N) is 1. The summed E-state index contributed by atoms with van der Waals surface area (Å²) >= 11 is 4.34. The van der Waals surface area contributed by atoms with Gasteiger partial charge >= 0.3 is 0 Å². The monoisotopic (exact) mass is 478 g/mol. The molecule has 0 atom stereocenters. The number of para-hydroxylation sites is 2. The third-order valence-corrected chi connectivity index (χ3v) is 4.02. The second-order valence-corrected chi connectivity index (χ2v) is 6.26. The van der Waals surface area contributed by atoms with Crippen molar-refractivity contribution in [3.8, 4) is 5.75 Å². The summed E-state index contributed by atoms with van der Waals surface area (Å²) in [6.45, 7) is 0. The normalized spacial score (nSPS) is 10.9. The molecular formula is C14H12I2N2O. The van der Waals surface area contributed by atoms with Gasteiger partial charge in [-0.25, -0.2) is 0 Å². The van der Waals surface area contributed by atoms with Crippen LogP contribution in [0.2, 0.25) is 0 Å². The maximum Gasteiger partial charge on any atom is 0.137 e. The van der Waals surface area contributed by atoms with Crippen molar-refractivity contribution >= 4 is 62.8 Å². The van der Waals surface area contributed by atoms with Crippen LogP contribution in [-0.4, -0.2) is 18.4 Å². The fraction of sp³-hybridized carbons (Fsp3) is 0.0714. The van der Waals surface area contributed by atoms with Crippen LogP contribution in [0.4, 0.5) is 11.4 Å². The van der Waals surface area contributed by atoms with Gasteiger partial charge in [0.15, 0.2) is 0 Å². The first-order chi connectivity index (χ1) is 9.11. The van der Waals surface area contributed by atoms with Gasteiger partial charge in [0.2, 0.25) is 0 Å². The highest BCUT2D eigenvalue weighted by Gasteiger charge is 2.05. The molecule has 98 valence electrons. The van der Waals surface area contributed by atoms with Crippen molar-refractivity contribution in [3.63, 3.8) is 0 Å². The molecule has 0 fully saturated rings. The highest BCUT2D eigenvalue weighted by molar-refractivity contribution is 14.1. The third kappa shape index (κ3) is 3.59. The Kier molecular flexibility index (Phi) is 5.03. The van der Waals surface area contributed by atoms with E-state index in [1.54, 1.807) is 6.21 Å². The highest BCUT2D eigenvalue weighted by Crippen LogP contribution is 2.28. The molecule has 3 nitrogen and oxygen atoms in total. The first-order valence-electron chi connectivity index (χ1n) is 5.60. The molecule has 2 N–H and O–H groups in total. The average molecular weight is 478 g/mol. The van der Waals surface area contributed by atoms with E-state index in [0.29, 0.717) is 0 Å². The number of benzene rings is 2. The zero-order valence-corrected chi connectivity index (χ0v) is 14.5. The number of nitrogens with zero attached hydrogens (tertiary/aromatic N) is 1. The number of anilines is 1. The first-order valence-corrected chi connectivity index (χ1v) is 7.76. The zero-order chi connectivity index (χ0) is 13.8. The summed E-state index contributed by atoms with van der Waals surface area (Å²) < 4.78 is 1.90. The minimum Gasteiger partial charge on any atom is -0.506 e. The molecule has 0 heterocycles. The van der Waals surface area contributed by atoms with E-state index in [9.17, 15) is 5.11 Å². The van der Waals surface area contributed by atoms with Crippen molar-refractivity contribution in [1.29, 1.82) is 0 Å². The highest BCUT2D eigenvalue weighted by atomic mass is 127. The summed E-state index contributed by atoms with van der Waals surface area (Å²) in [5.74, 6) is 0.270. The molecule has 19 heavy (non-hydrogen) atoms. The number of aromatic hydroxyl groups is 1. The van der Waals surface area contributed by atoms with Gasteiger partial charge in [-0.1, -0.05) is 12.1 Å². The predicted octanol–water partition coefficient (Wildman–Crippen LogP) is 4.39. The maximum atomic E-state index is 10.0. The quantitative estimate of drug-likeness (QED) is 0.508. The molecule has 0 spiro atoms. The number of rotatable bonds is 3.